The Labute approximate surface area is 91.4 Å². The van der Waals surface area contributed by atoms with Crippen LogP contribution in [0.1, 0.15) is 15.9 Å². The summed E-state index contributed by atoms with van der Waals surface area (Å²) in [6.45, 7) is 1.87. The van der Waals surface area contributed by atoms with Crippen LogP contribution in [-0.2, 0) is 0 Å². The summed E-state index contributed by atoms with van der Waals surface area (Å²) in [5, 5.41) is 2.14. The molecule has 0 aliphatic heterocycles. The number of carbonyl (C=O) groups is 1. The van der Waals surface area contributed by atoms with E-state index in [1.165, 1.54) is 11.3 Å². The summed E-state index contributed by atoms with van der Waals surface area (Å²) in [6, 6.07) is 7.31. The van der Waals surface area contributed by atoms with E-state index in [4.69, 9.17) is 4.74 Å². The highest BCUT2D eigenvalue weighted by Crippen LogP contribution is 2.16. The minimum Gasteiger partial charge on any atom is -0.394 e. The van der Waals surface area contributed by atoms with Crippen LogP contribution in [0.4, 0.5) is 0 Å². The summed E-state index contributed by atoms with van der Waals surface area (Å²) in [6.07, 6.45) is 1.60. The van der Waals surface area contributed by atoms with E-state index in [0.717, 1.165) is 5.56 Å². The fraction of sp³-hybridized carbons (Fsp3) is 0.0909. The van der Waals surface area contributed by atoms with Crippen molar-refractivity contribution in [2.45, 2.75) is 6.92 Å². The summed E-state index contributed by atoms with van der Waals surface area (Å²) >= 11 is 1.30. The molecule has 0 spiro atoms. The van der Waals surface area contributed by atoms with Gasteiger partial charge < -0.3 is 4.74 Å². The van der Waals surface area contributed by atoms with E-state index in [2.05, 4.69) is 4.98 Å². The normalized spacial score (nSPS) is 9.93. The van der Waals surface area contributed by atoms with Crippen LogP contribution in [0.5, 0.6) is 5.19 Å². The van der Waals surface area contributed by atoms with Gasteiger partial charge in [0, 0.05) is 11.6 Å². The minimum absolute atomic E-state index is 0.358. The summed E-state index contributed by atoms with van der Waals surface area (Å²) in [7, 11) is 0. The molecule has 2 aromatic rings. The SMILES string of the molecule is Cc1ccccc1C(=O)Oc1nccs1. The van der Waals surface area contributed by atoms with Crippen molar-refractivity contribution < 1.29 is 9.53 Å². The predicted molar refractivity (Wildman–Crippen MR) is 58.3 cm³/mol. The second kappa shape index (κ2) is 4.23. The number of thiazole rings is 1. The minimum atomic E-state index is -0.358. The predicted octanol–water partition coefficient (Wildman–Crippen LogP) is 2.67. The number of carbonyl (C=O) groups excluding carboxylic acids is 1. The van der Waals surface area contributed by atoms with Crippen molar-refractivity contribution in [1.82, 2.24) is 4.98 Å². The van der Waals surface area contributed by atoms with Crippen LogP contribution < -0.4 is 4.74 Å². The zero-order valence-electron chi connectivity index (χ0n) is 8.14. The van der Waals surface area contributed by atoms with Gasteiger partial charge in [0.25, 0.3) is 5.19 Å². The third-order valence-electron chi connectivity index (χ3n) is 1.95. The third kappa shape index (κ3) is 2.22. The van der Waals surface area contributed by atoms with E-state index >= 15 is 0 Å². The molecule has 0 aliphatic carbocycles. The molecule has 0 radical (unpaired) electrons. The Morgan fingerprint density at radius 1 is 1.40 bits per heavy atom. The molecule has 0 bridgehead atoms. The molecule has 0 N–H and O–H groups in total. The van der Waals surface area contributed by atoms with Crippen LogP contribution in [0, 0.1) is 6.92 Å². The number of esters is 1. The van der Waals surface area contributed by atoms with Gasteiger partial charge in [-0.05, 0) is 18.6 Å². The van der Waals surface area contributed by atoms with Gasteiger partial charge in [0.2, 0.25) is 0 Å². The molecule has 0 fully saturated rings. The highest BCUT2D eigenvalue weighted by atomic mass is 32.1. The number of ether oxygens (including phenoxy) is 1. The van der Waals surface area contributed by atoms with Crippen molar-refractivity contribution in [2.75, 3.05) is 0 Å². The van der Waals surface area contributed by atoms with Crippen molar-refractivity contribution >= 4 is 17.3 Å². The van der Waals surface area contributed by atoms with Crippen molar-refractivity contribution in [3.05, 3.63) is 47.0 Å². The van der Waals surface area contributed by atoms with Crippen LogP contribution in [-0.4, -0.2) is 11.0 Å². The molecule has 15 heavy (non-hydrogen) atoms. The molecule has 0 saturated carbocycles. The Morgan fingerprint density at radius 3 is 2.87 bits per heavy atom. The number of aromatic nitrogens is 1. The van der Waals surface area contributed by atoms with Crippen molar-refractivity contribution in [2.24, 2.45) is 0 Å². The lowest BCUT2D eigenvalue weighted by atomic mass is 10.1. The zero-order valence-corrected chi connectivity index (χ0v) is 8.95. The van der Waals surface area contributed by atoms with Crippen molar-refractivity contribution in [3.8, 4) is 5.19 Å². The van der Waals surface area contributed by atoms with Gasteiger partial charge in [-0.15, -0.1) is 0 Å². The molecule has 0 saturated heterocycles. The summed E-state index contributed by atoms with van der Waals surface area (Å²) in [5.41, 5.74) is 1.48. The first kappa shape index (κ1) is 9.86. The van der Waals surface area contributed by atoms with E-state index in [1.807, 2.05) is 25.1 Å². The van der Waals surface area contributed by atoms with E-state index in [0.29, 0.717) is 10.8 Å². The zero-order chi connectivity index (χ0) is 10.7. The van der Waals surface area contributed by atoms with Crippen LogP contribution in [0.2, 0.25) is 0 Å². The molecular formula is C11H9NO2S. The first-order chi connectivity index (χ1) is 7.27. The molecule has 0 amide bonds. The Hall–Kier alpha value is -1.68. The Balaban J connectivity index is 2.19. The molecule has 1 heterocycles. The van der Waals surface area contributed by atoms with Gasteiger partial charge in [0.05, 0.1) is 5.56 Å². The monoisotopic (exact) mass is 219 g/mol. The van der Waals surface area contributed by atoms with E-state index in [1.54, 1.807) is 17.6 Å². The average Bonchev–Trinajstić information content (AvgIpc) is 2.71. The molecule has 0 atom stereocenters. The maximum absolute atomic E-state index is 11.7. The Kier molecular flexibility index (Phi) is 2.78. The van der Waals surface area contributed by atoms with Crippen molar-refractivity contribution in [3.63, 3.8) is 0 Å². The summed E-state index contributed by atoms with van der Waals surface area (Å²) < 4.78 is 5.09. The van der Waals surface area contributed by atoms with Crippen LogP contribution >= 0.6 is 11.3 Å². The first-order valence-corrected chi connectivity index (χ1v) is 5.32. The number of hydrogen-bond acceptors (Lipinski definition) is 4. The maximum Gasteiger partial charge on any atom is 0.345 e. The van der Waals surface area contributed by atoms with Gasteiger partial charge in [0.1, 0.15) is 0 Å². The smallest absolute Gasteiger partial charge is 0.345 e. The topological polar surface area (TPSA) is 39.2 Å². The fourth-order valence-corrected chi connectivity index (χ4v) is 1.68. The molecule has 1 aromatic carbocycles. The molecule has 1 aromatic heterocycles. The molecule has 2 rings (SSSR count). The lowest BCUT2D eigenvalue weighted by Crippen LogP contribution is -2.09. The molecule has 76 valence electrons. The maximum atomic E-state index is 11.7. The molecule has 3 nitrogen and oxygen atoms in total. The Morgan fingerprint density at radius 2 is 2.20 bits per heavy atom. The van der Waals surface area contributed by atoms with Crippen molar-refractivity contribution in [1.29, 1.82) is 0 Å². The molecule has 0 aliphatic rings. The summed E-state index contributed by atoms with van der Waals surface area (Å²) in [4.78, 5) is 15.6. The second-order valence-corrected chi connectivity index (χ2v) is 3.86. The quantitative estimate of drug-likeness (QED) is 0.729. The lowest BCUT2D eigenvalue weighted by Gasteiger charge is -2.02. The number of aryl methyl sites for hydroxylation is 1. The van der Waals surface area contributed by atoms with Gasteiger partial charge >= 0.3 is 5.97 Å². The van der Waals surface area contributed by atoms with Gasteiger partial charge in [-0.25, -0.2) is 9.78 Å². The van der Waals surface area contributed by atoms with Gasteiger partial charge in [0.15, 0.2) is 0 Å². The highest BCUT2D eigenvalue weighted by Gasteiger charge is 2.11. The standard InChI is InChI=1S/C11H9NO2S/c1-8-4-2-3-5-9(8)10(13)14-11-12-6-7-15-11/h2-7H,1H3. The number of rotatable bonds is 2. The third-order valence-corrected chi connectivity index (χ3v) is 2.60. The van der Waals surface area contributed by atoms with E-state index in [-0.39, 0.29) is 5.97 Å². The largest absolute Gasteiger partial charge is 0.394 e. The van der Waals surface area contributed by atoms with E-state index in [9.17, 15) is 4.79 Å². The summed E-state index contributed by atoms with van der Waals surface area (Å²) in [5.74, 6) is -0.358. The Bertz CT molecular complexity index is 465. The van der Waals surface area contributed by atoms with Gasteiger partial charge in [-0.1, -0.05) is 29.5 Å². The average molecular weight is 219 g/mol. The van der Waals surface area contributed by atoms with Crippen LogP contribution in [0.15, 0.2) is 35.8 Å². The lowest BCUT2D eigenvalue weighted by molar-refractivity contribution is 0.0733. The van der Waals surface area contributed by atoms with Gasteiger partial charge in [-0.2, -0.15) is 0 Å². The number of nitrogens with zero attached hydrogens (tertiary/aromatic N) is 1. The molecule has 0 unspecified atom stereocenters. The number of benzene rings is 1. The molecule has 4 heteroatoms. The second-order valence-electron chi connectivity index (χ2n) is 3.00. The fourth-order valence-electron chi connectivity index (χ4n) is 1.20. The van der Waals surface area contributed by atoms with Crippen LogP contribution in [0.3, 0.4) is 0 Å². The van der Waals surface area contributed by atoms with E-state index < -0.39 is 0 Å². The van der Waals surface area contributed by atoms with Gasteiger partial charge in [-0.3, -0.25) is 0 Å². The molecular weight excluding hydrogens is 210 g/mol. The highest BCUT2D eigenvalue weighted by molar-refractivity contribution is 7.11. The van der Waals surface area contributed by atoms with Crippen LogP contribution in [0.25, 0.3) is 0 Å². The first-order valence-electron chi connectivity index (χ1n) is 4.44. The number of hydrogen-bond donors (Lipinski definition) is 0.